The lowest BCUT2D eigenvalue weighted by atomic mass is 9.66. The normalized spacial score (nSPS) is 19.8. The second-order valence-electron chi connectivity index (χ2n) is 11.3. The molecule has 0 aromatic heterocycles. The van der Waals surface area contributed by atoms with E-state index in [0.717, 1.165) is 11.6 Å². The molecule has 6 nitrogen and oxygen atoms in total. The number of aliphatic imine (C=N–C) groups is 1. The number of carbonyl (C=O) groups is 2. The minimum Gasteiger partial charge on any atom is -0.493 e. The summed E-state index contributed by atoms with van der Waals surface area (Å²) in [5.41, 5.74) is 2.88. The van der Waals surface area contributed by atoms with E-state index < -0.39 is 29.4 Å². The summed E-state index contributed by atoms with van der Waals surface area (Å²) in [5, 5.41) is 2.59. The zero-order valence-corrected chi connectivity index (χ0v) is 23.5. The van der Waals surface area contributed by atoms with Gasteiger partial charge < -0.3 is 14.8 Å². The molecule has 1 aliphatic heterocycles. The molecule has 1 amide bonds. The van der Waals surface area contributed by atoms with Crippen LogP contribution in [0.25, 0.3) is 0 Å². The Hall–Kier alpha value is -4.33. The molecule has 1 heterocycles. The van der Waals surface area contributed by atoms with Gasteiger partial charge in [0.05, 0.1) is 18.7 Å². The van der Waals surface area contributed by atoms with E-state index in [2.05, 4.69) is 5.32 Å². The van der Waals surface area contributed by atoms with Crippen molar-refractivity contribution in [3.8, 4) is 11.5 Å². The maximum atomic E-state index is 14.5. The van der Waals surface area contributed by atoms with Crippen molar-refractivity contribution in [1.29, 1.82) is 0 Å². The van der Waals surface area contributed by atoms with E-state index in [1.807, 2.05) is 50.2 Å². The summed E-state index contributed by atoms with van der Waals surface area (Å²) in [6.07, 6.45) is 0.894. The maximum Gasteiger partial charge on any atom is 0.234 e. The van der Waals surface area contributed by atoms with Gasteiger partial charge in [-0.05, 0) is 54.2 Å². The fraction of sp³-hybridized carbons (Fsp3) is 0.303. The molecule has 5 rings (SSSR count). The number of amides is 1. The third-order valence-electron chi connectivity index (χ3n) is 7.56. The molecule has 3 aromatic rings. The number of Topliss-reactive ketones (excluding diaryl/α,β-unsaturated/α-hetero) is 1. The van der Waals surface area contributed by atoms with Crippen molar-refractivity contribution in [3.63, 3.8) is 0 Å². The van der Waals surface area contributed by atoms with Crippen LogP contribution in [0, 0.1) is 23.0 Å². The first-order chi connectivity index (χ1) is 19.6. The van der Waals surface area contributed by atoms with Gasteiger partial charge in [-0.3, -0.25) is 14.6 Å². The minimum absolute atomic E-state index is 0.0772. The standard InChI is InChI=1S/C33H32F2N2O4/c1-19-29(32(39)37-24-12-11-22(34)15-23(24)35)30(31-25(36-19)16-33(2,3)17-26(31)38)21-10-13-27(28(14-21)40-4)41-18-20-8-6-5-7-9-20/h5-15,29-30H,16-18H2,1-4H3,(H,37,39)/t29?,30-/m1/s1. The second kappa shape index (κ2) is 11.3. The van der Waals surface area contributed by atoms with Gasteiger partial charge in [0.1, 0.15) is 18.2 Å². The number of benzene rings is 3. The Bertz CT molecular complexity index is 1560. The smallest absolute Gasteiger partial charge is 0.234 e. The van der Waals surface area contributed by atoms with Crippen LogP contribution in [0.5, 0.6) is 11.5 Å². The molecule has 1 unspecified atom stereocenters. The summed E-state index contributed by atoms with van der Waals surface area (Å²) in [6.45, 7) is 6.12. The summed E-state index contributed by atoms with van der Waals surface area (Å²) >= 11 is 0. The van der Waals surface area contributed by atoms with Gasteiger partial charge in [-0.25, -0.2) is 8.78 Å². The Labute approximate surface area is 238 Å². The van der Waals surface area contributed by atoms with Crippen molar-refractivity contribution in [2.75, 3.05) is 12.4 Å². The van der Waals surface area contributed by atoms with Crippen LogP contribution in [0.4, 0.5) is 14.5 Å². The number of nitrogens with one attached hydrogen (secondary N) is 1. The molecule has 0 fully saturated rings. The molecule has 1 aliphatic carbocycles. The number of ketones is 1. The van der Waals surface area contributed by atoms with E-state index in [0.29, 0.717) is 59.6 Å². The van der Waals surface area contributed by atoms with Crippen LogP contribution in [-0.2, 0) is 16.2 Å². The van der Waals surface area contributed by atoms with Crippen molar-refractivity contribution in [2.45, 2.75) is 46.1 Å². The van der Waals surface area contributed by atoms with E-state index in [1.165, 1.54) is 13.2 Å². The summed E-state index contributed by atoms with van der Waals surface area (Å²) in [6, 6.07) is 18.0. The highest BCUT2D eigenvalue weighted by atomic mass is 19.1. The Balaban J connectivity index is 1.54. The van der Waals surface area contributed by atoms with Crippen molar-refractivity contribution < 1.29 is 27.8 Å². The number of carbonyl (C=O) groups excluding carboxylic acids is 2. The van der Waals surface area contributed by atoms with E-state index in [9.17, 15) is 18.4 Å². The second-order valence-corrected chi connectivity index (χ2v) is 11.3. The number of methoxy groups -OCH3 is 1. The zero-order valence-electron chi connectivity index (χ0n) is 23.5. The van der Waals surface area contributed by atoms with Crippen LogP contribution in [0.2, 0.25) is 0 Å². The first-order valence-corrected chi connectivity index (χ1v) is 13.5. The number of rotatable bonds is 7. The average Bonchev–Trinajstić information content (AvgIpc) is 2.92. The summed E-state index contributed by atoms with van der Waals surface area (Å²) in [4.78, 5) is 32.1. The topological polar surface area (TPSA) is 77.0 Å². The van der Waals surface area contributed by atoms with Crippen molar-refractivity contribution in [3.05, 3.63) is 101 Å². The number of hydrogen-bond acceptors (Lipinski definition) is 5. The fourth-order valence-electron chi connectivity index (χ4n) is 5.68. The van der Waals surface area contributed by atoms with Gasteiger partial charge >= 0.3 is 0 Å². The Kier molecular flexibility index (Phi) is 7.76. The Morgan fingerprint density at radius 3 is 2.49 bits per heavy atom. The van der Waals surface area contributed by atoms with E-state index in [1.54, 1.807) is 19.1 Å². The van der Waals surface area contributed by atoms with Crippen molar-refractivity contribution in [1.82, 2.24) is 0 Å². The Morgan fingerprint density at radius 2 is 1.78 bits per heavy atom. The lowest BCUT2D eigenvalue weighted by molar-refractivity contribution is -0.119. The zero-order chi connectivity index (χ0) is 29.3. The van der Waals surface area contributed by atoms with Gasteiger partial charge in [0.15, 0.2) is 17.3 Å². The van der Waals surface area contributed by atoms with Crippen molar-refractivity contribution in [2.24, 2.45) is 16.3 Å². The highest BCUT2D eigenvalue weighted by Crippen LogP contribution is 2.49. The van der Waals surface area contributed by atoms with Gasteiger partial charge in [0.2, 0.25) is 5.91 Å². The molecule has 3 aromatic carbocycles. The maximum absolute atomic E-state index is 14.5. The van der Waals surface area contributed by atoms with Crippen molar-refractivity contribution >= 4 is 23.1 Å². The molecule has 2 aliphatic rings. The molecular formula is C33H32F2N2O4. The van der Waals surface area contributed by atoms with E-state index in [-0.39, 0.29) is 16.9 Å². The number of anilines is 1. The number of nitrogens with zero attached hydrogens (tertiary/aromatic N) is 1. The molecule has 0 saturated carbocycles. The summed E-state index contributed by atoms with van der Waals surface area (Å²) in [5.74, 6) is -2.90. The van der Waals surface area contributed by atoms with Crippen LogP contribution in [-0.4, -0.2) is 24.5 Å². The van der Waals surface area contributed by atoms with E-state index in [4.69, 9.17) is 14.5 Å². The van der Waals surface area contributed by atoms with Crippen LogP contribution in [0.1, 0.15) is 50.7 Å². The van der Waals surface area contributed by atoms with Gasteiger partial charge in [-0.1, -0.05) is 50.2 Å². The molecule has 0 saturated heterocycles. The number of allylic oxidation sites excluding steroid dienone is 2. The lowest BCUT2D eigenvalue weighted by Gasteiger charge is -2.39. The van der Waals surface area contributed by atoms with Gasteiger partial charge in [0, 0.05) is 35.4 Å². The quantitative estimate of drug-likeness (QED) is 0.339. The fourth-order valence-corrected chi connectivity index (χ4v) is 5.68. The molecule has 0 bridgehead atoms. The molecule has 8 heteroatoms. The number of hydrogen-bond donors (Lipinski definition) is 1. The first kappa shape index (κ1) is 28.2. The average molecular weight is 559 g/mol. The highest BCUT2D eigenvalue weighted by Gasteiger charge is 2.45. The SMILES string of the molecule is COc1cc([C@H]2C3=C(CC(C)(C)CC3=O)N=C(C)C2C(=O)Nc2ccc(F)cc2F)ccc1OCc1ccccc1. The van der Waals surface area contributed by atoms with Crippen LogP contribution in [0.15, 0.2) is 83.0 Å². The highest BCUT2D eigenvalue weighted by molar-refractivity contribution is 6.13. The predicted octanol–water partition coefficient (Wildman–Crippen LogP) is 7.01. The molecule has 0 spiro atoms. The molecular weight excluding hydrogens is 526 g/mol. The third kappa shape index (κ3) is 5.92. The van der Waals surface area contributed by atoms with Gasteiger partial charge in [-0.15, -0.1) is 0 Å². The van der Waals surface area contributed by atoms with Gasteiger partial charge in [0.25, 0.3) is 0 Å². The monoisotopic (exact) mass is 558 g/mol. The molecule has 212 valence electrons. The van der Waals surface area contributed by atoms with Crippen LogP contribution in [0.3, 0.4) is 0 Å². The van der Waals surface area contributed by atoms with E-state index >= 15 is 0 Å². The number of ether oxygens (including phenoxy) is 2. The van der Waals surface area contributed by atoms with Crippen LogP contribution >= 0.6 is 0 Å². The molecule has 1 N–H and O–H groups in total. The van der Waals surface area contributed by atoms with Gasteiger partial charge in [-0.2, -0.15) is 0 Å². The molecule has 41 heavy (non-hydrogen) atoms. The largest absolute Gasteiger partial charge is 0.493 e. The number of halogens is 2. The lowest BCUT2D eigenvalue weighted by Crippen LogP contribution is -2.41. The predicted molar refractivity (Wildman–Crippen MR) is 153 cm³/mol. The Morgan fingerprint density at radius 1 is 1.02 bits per heavy atom. The summed E-state index contributed by atoms with van der Waals surface area (Å²) < 4.78 is 39.7. The first-order valence-electron chi connectivity index (χ1n) is 13.5. The molecule has 2 atom stereocenters. The van der Waals surface area contributed by atoms with Crippen LogP contribution < -0.4 is 14.8 Å². The summed E-state index contributed by atoms with van der Waals surface area (Å²) in [7, 11) is 1.53. The third-order valence-corrected chi connectivity index (χ3v) is 7.56. The molecule has 0 radical (unpaired) electrons. The minimum atomic E-state index is -0.913.